The Kier molecular flexibility index (Phi) is 5.61. The molecule has 9 heteroatoms. The van der Waals surface area contributed by atoms with Gasteiger partial charge in [-0.3, -0.25) is 4.79 Å². The van der Waals surface area contributed by atoms with E-state index in [1.54, 1.807) is 13.0 Å². The summed E-state index contributed by atoms with van der Waals surface area (Å²) in [6.07, 6.45) is 1.08. The van der Waals surface area contributed by atoms with Gasteiger partial charge in [-0.15, -0.1) is 0 Å². The molecule has 134 valence electrons. The molecule has 7 nitrogen and oxygen atoms in total. The molecule has 0 spiro atoms. The third kappa shape index (κ3) is 4.88. The first kappa shape index (κ1) is 19.1. The van der Waals surface area contributed by atoms with Crippen LogP contribution in [-0.4, -0.2) is 35.5 Å². The summed E-state index contributed by atoms with van der Waals surface area (Å²) in [6, 6.07) is 11.3. The Labute approximate surface area is 147 Å². The van der Waals surface area contributed by atoms with Gasteiger partial charge in [0.15, 0.2) is 9.84 Å². The normalized spacial score (nSPS) is 11.9. The Balaban J connectivity index is 2.20. The van der Waals surface area contributed by atoms with Crippen LogP contribution in [0.4, 0.5) is 5.69 Å². The van der Waals surface area contributed by atoms with Crippen molar-refractivity contribution in [3.63, 3.8) is 0 Å². The number of hydrogen-bond acceptors (Lipinski definition) is 5. The first-order chi connectivity index (χ1) is 11.6. The summed E-state index contributed by atoms with van der Waals surface area (Å²) in [5.41, 5.74) is 0.581. The predicted octanol–water partition coefficient (Wildman–Crippen LogP) is 1.64. The fraction of sp³-hybridized carbons (Fsp3) is 0.188. The minimum absolute atomic E-state index is 0.0602. The summed E-state index contributed by atoms with van der Waals surface area (Å²) < 4.78 is 49.2. The third-order valence-electron chi connectivity index (χ3n) is 3.28. The zero-order valence-corrected chi connectivity index (χ0v) is 15.3. The molecular weight excluding hydrogens is 364 g/mol. The lowest BCUT2D eigenvalue weighted by molar-refractivity contribution is 0.102. The van der Waals surface area contributed by atoms with E-state index in [1.807, 2.05) is 0 Å². The molecule has 0 saturated heterocycles. The van der Waals surface area contributed by atoms with Crippen LogP contribution in [-0.2, 0) is 19.9 Å². The molecule has 2 N–H and O–H groups in total. The molecule has 2 aromatic carbocycles. The van der Waals surface area contributed by atoms with Crippen molar-refractivity contribution in [2.24, 2.45) is 0 Å². The summed E-state index contributed by atoms with van der Waals surface area (Å²) in [7, 11) is -6.96. The lowest BCUT2D eigenvalue weighted by Gasteiger charge is -2.08. The topological polar surface area (TPSA) is 109 Å². The number of carbonyl (C=O) groups excluding carboxylic acids is 1. The number of benzene rings is 2. The van der Waals surface area contributed by atoms with Crippen molar-refractivity contribution in [2.75, 3.05) is 18.1 Å². The Morgan fingerprint density at radius 1 is 0.960 bits per heavy atom. The Morgan fingerprint density at radius 3 is 2.16 bits per heavy atom. The van der Waals surface area contributed by atoms with Crippen molar-refractivity contribution in [3.8, 4) is 0 Å². The van der Waals surface area contributed by atoms with Gasteiger partial charge in [0.25, 0.3) is 5.91 Å². The zero-order valence-electron chi connectivity index (χ0n) is 13.7. The SMILES string of the molecule is CCNS(=O)(=O)c1ccc(C(=O)Nc2cccc(S(C)(=O)=O)c2)cc1. The van der Waals surface area contributed by atoms with Gasteiger partial charge in [-0.1, -0.05) is 13.0 Å². The Hall–Kier alpha value is -2.23. The molecule has 0 atom stereocenters. The van der Waals surface area contributed by atoms with Crippen LogP contribution >= 0.6 is 0 Å². The van der Waals surface area contributed by atoms with E-state index in [0.29, 0.717) is 5.69 Å². The highest BCUT2D eigenvalue weighted by Gasteiger charge is 2.14. The maximum atomic E-state index is 12.2. The van der Waals surface area contributed by atoms with Crippen LogP contribution in [0.3, 0.4) is 0 Å². The maximum absolute atomic E-state index is 12.2. The molecule has 1 amide bonds. The molecule has 25 heavy (non-hydrogen) atoms. The van der Waals surface area contributed by atoms with Crippen molar-refractivity contribution in [1.29, 1.82) is 0 Å². The van der Waals surface area contributed by atoms with Crippen LogP contribution in [0.15, 0.2) is 58.3 Å². The minimum Gasteiger partial charge on any atom is -0.322 e. The van der Waals surface area contributed by atoms with Crippen molar-refractivity contribution >= 4 is 31.5 Å². The summed E-state index contributed by atoms with van der Waals surface area (Å²) in [5.74, 6) is -0.474. The third-order valence-corrected chi connectivity index (χ3v) is 5.95. The van der Waals surface area contributed by atoms with E-state index in [4.69, 9.17) is 0 Å². The van der Waals surface area contributed by atoms with E-state index in [0.717, 1.165) is 6.26 Å². The quantitative estimate of drug-likeness (QED) is 0.789. The first-order valence-electron chi connectivity index (χ1n) is 7.34. The number of amides is 1. The smallest absolute Gasteiger partial charge is 0.255 e. The van der Waals surface area contributed by atoms with E-state index >= 15 is 0 Å². The maximum Gasteiger partial charge on any atom is 0.255 e. The summed E-state index contributed by atoms with van der Waals surface area (Å²) >= 11 is 0. The lowest BCUT2D eigenvalue weighted by atomic mass is 10.2. The molecule has 0 radical (unpaired) electrons. The molecule has 0 aliphatic heterocycles. The Bertz CT molecular complexity index is 981. The second kappa shape index (κ2) is 7.34. The van der Waals surface area contributed by atoms with Crippen LogP contribution in [0, 0.1) is 0 Å². The fourth-order valence-corrected chi connectivity index (χ4v) is 3.77. The summed E-state index contributed by atoms with van der Waals surface area (Å²) in [5, 5.41) is 2.59. The lowest BCUT2D eigenvalue weighted by Crippen LogP contribution is -2.23. The minimum atomic E-state index is -3.58. The molecular formula is C16H18N2O5S2. The van der Waals surface area contributed by atoms with Crippen LogP contribution in [0.1, 0.15) is 17.3 Å². The van der Waals surface area contributed by atoms with Crippen LogP contribution < -0.4 is 10.0 Å². The second-order valence-electron chi connectivity index (χ2n) is 5.28. The van der Waals surface area contributed by atoms with Crippen molar-refractivity contribution in [1.82, 2.24) is 4.72 Å². The monoisotopic (exact) mass is 382 g/mol. The van der Waals surface area contributed by atoms with Crippen LogP contribution in [0.25, 0.3) is 0 Å². The average molecular weight is 382 g/mol. The van der Waals surface area contributed by atoms with Gasteiger partial charge in [0.2, 0.25) is 10.0 Å². The van der Waals surface area contributed by atoms with Gasteiger partial charge < -0.3 is 5.32 Å². The van der Waals surface area contributed by atoms with E-state index < -0.39 is 25.8 Å². The first-order valence-corrected chi connectivity index (χ1v) is 10.7. The molecule has 2 rings (SSSR count). The molecule has 0 bridgehead atoms. The van der Waals surface area contributed by atoms with Gasteiger partial charge in [-0.2, -0.15) is 0 Å². The van der Waals surface area contributed by atoms with Crippen LogP contribution in [0.5, 0.6) is 0 Å². The van der Waals surface area contributed by atoms with Crippen LogP contribution in [0.2, 0.25) is 0 Å². The Morgan fingerprint density at radius 2 is 1.60 bits per heavy atom. The standard InChI is InChI=1S/C16H18N2O5S2/c1-3-17-25(22,23)14-9-7-12(8-10-14)16(19)18-13-5-4-6-15(11-13)24(2,20)21/h4-11,17H,3H2,1-2H3,(H,18,19). The largest absolute Gasteiger partial charge is 0.322 e. The van der Waals surface area contributed by atoms with E-state index in [-0.39, 0.29) is 21.9 Å². The number of rotatable bonds is 6. The molecule has 0 heterocycles. The molecule has 0 aliphatic carbocycles. The fourth-order valence-electron chi connectivity index (χ4n) is 2.07. The van der Waals surface area contributed by atoms with Gasteiger partial charge in [-0.05, 0) is 42.5 Å². The van der Waals surface area contributed by atoms with Gasteiger partial charge in [0, 0.05) is 24.1 Å². The molecule has 0 aromatic heterocycles. The van der Waals surface area contributed by atoms with Crippen molar-refractivity contribution in [2.45, 2.75) is 16.7 Å². The summed E-state index contributed by atoms with van der Waals surface area (Å²) in [4.78, 5) is 12.4. The van der Waals surface area contributed by atoms with E-state index in [2.05, 4.69) is 10.0 Å². The second-order valence-corrected chi connectivity index (χ2v) is 9.06. The molecule has 0 unspecified atom stereocenters. The van der Waals surface area contributed by atoms with E-state index in [9.17, 15) is 21.6 Å². The van der Waals surface area contributed by atoms with Crippen molar-refractivity contribution in [3.05, 3.63) is 54.1 Å². The number of hydrogen-bond donors (Lipinski definition) is 2. The van der Waals surface area contributed by atoms with Crippen molar-refractivity contribution < 1.29 is 21.6 Å². The molecule has 2 aromatic rings. The van der Waals surface area contributed by atoms with Gasteiger partial charge in [-0.25, -0.2) is 21.6 Å². The number of anilines is 1. The van der Waals surface area contributed by atoms with Gasteiger partial charge in [0.1, 0.15) is 0 Å². The molecule has 0 aliphatic rings. The zero-order chi connectivity index (χ0) is 18.7. The number of sulfonamides is 1. The number of carbonyl (C=O) groups is 1. The average Bonchev–Trinajstić information content (AvgIpc) is 2.54. The molecule has 0 saturated carbocycles. The predicted molar refractivity (Wildman–Crippen MR) is 94.8 cm³/mol. The molecule has 0 fully saturated rings. The highest BCUT2D eigenvalue weighted by molar-refractivity contribution is 7.90. The number of nitrogens with one attached hydrogen (secondary N) is 2. The highest BCUT2D eigenvalue weighted by atomic mass is 32.2. The van der Waals surface area contributed by atoms with Gasteiger partial charge in [0.05, 0.1) is 9.79 Å². The van der Waals surface area contributed by atoms with E-state index in [1.165, 1.54) is 42.5 Å². The summed E-state index contributed by atoms with van der Waals surface area (Å²) in [6.45, 7) is 1.94. The van der Waals surface area contributed by atoms with Gasteiger partial charge >= 0.3 is 0 Å². The highest BCUT2D eigenvalue weighted by Crippen LogP contribution is 2.17. The number of sulfone groups is 1.